The summed E-state index contributed by atoms with van der Waals surface area (Å²) in [5.74, 6) is 1.11. The highest BCUT2D eigenvalue weighted by molar-refractivity contribution is 5.91. The summed E-state index contributed by atoms with van der Waals surface area (Å²) in [6.45, 7) is 11.5. The zero-order valence-corrected chi connectivity index (χ0v) is 28.5. The van der Waals surface area contributed by atoms with Crippen molar-refractivity contribution in [2.45, 2.75) is 90.5 Å². The number of ether oxygens (including phenoxy) is 4. The van der Waals surface area contributed by atoms with Crippen molar-refractivity contribution in [2.75, 3.05) is 33.4 Å². The third kappa shape index (κ3) is 7.98. The Morgan fingerprint density at radius 2 is 1.73 bits per heavy atom. The monoisotopic (exact) mass is 667 g/mol. The quantitative estimate of drug-likeness (QED) is 0.156. The molecular formula is C37H49NO10. The summed E-state index contributed by atoms with van der Waals surface area (Å²) in [7, 11) is 1.54. The largest absolute Gasteiger partial charge is 0.507 e. The van der Waals surface area contributed by atoms with E-state index in [1.165, 1.54) is 32.9 Å². The van der Waals surface area contributed by atoms with Crippen LogP contribution in [0.5, 0.6) is 23.0 Å². The normalized spacial score (nSPS) is 23.6. The highest BCUT2D eigenvalue weighted by Crippen LogP contribution is 2.41. The molecule has 3 aromatic rings. The lowest BCUT2D eigenvalue weighted by molar-refractivity contribution is -0.268. The van der Waals surface area contributed by atoms with Gasteiger partial charge in [-0.3, -0.25) is 4.79 Å². The van der Waals surface area contributed by atoms with Gasteiger partial charge >= 0.3 is 0 Å². The smallest absolute Gasteiger partial charge is 0.239 e. The predicted octanol–water partition coefficient (Wildman–Crippen LogP) is 4.78. The summed E-state index contributed by atoms with van der Waals surface area (Å²) >= 11 is 0. The van der Waals surface area contributed by atoms with Crippen LogP contribution in [-0.4, -0.2) is 89.4 Å². The number of hydrogen-bond acceptors (Lipinski definition) is 11. The maximum absolute atomic E-state index is 14.3. The second-order valence-corrected chi connectivity index (χ2v) is 13.3. The fourth-order valence-corrected chi connectivity index (χ4v) is 6.16. The molecule has 2 saturated heterocycles. The molecule has 1 aromatic heterocycles. The van der Waals surface area contributed by atoms with Gasteiger partial charge in [-0.15, -0.1) is 0 Å². The molecule has 2 aliphatic rings. The first-order valence-electron chi connectivity index (χ1n) is 16.8. The van der Waals surface area contributed by atoms with E-state index in [1.54, 1.807) is 24.3 Å². The van der Waals surface area contributed by atoms with Crippen molar-refractivity contribution in [3.8, 4) is 34.3 Å². The van der Waals surface area contributed by atoms with Crippen LogP contribution in [0.15, 0.2) is 51.2 Å². The Balaban J connectivity index is 1.53. The molecule has 5 rings (SSSR count). The van der Waals surface area contributed by atoms with E-state index in [0.29, 0.717) is 35.7 Å². The molecule has 0 amide bonds. The molecule has 0 saturated carbocycles. The van der Waals surface area contributed by atoms with E-state index in [0.717, 1.165) is 44.0 Å². The average molecular weight is 668 g/mol. The first kappa shape index (κ1) is 35.7. The van der Waals surface area contributed by atoms with Gasteiger partial charge in [0.2, 0.25) is 17.5 Å². The number of rotatable bonds is 12. The number of benzene rings is 2. The number of unbranched alkanes of at least 4 members (excludes halogenated alkanes) is 1. The number of likely N-dealkylation sites (tertiary alicyclic amines) is 1. The third-order valence-electron chi connectivity index (χ3n) is 9.28. The minimum atomic E-state index is -1.67. The van der Waals surface area contributed by atoms with Crippen molar-refractivity contribution in [1.82, 2.24) is 4.90 Å². The fourth-order valence-electron chi connectivity index (χ4n) is 6.16. The van der Waals surface area contributed by atoms with Gasteiger partial charge in [0.05, 0.1) is 19.8 Å². The number of methoxy groups -OCH3 is 1. The van der Waals surface area contributed by atoms with Crippen LogP contribution in [0.25, 0.3) is 22.3 Å². The molecule has 11 nitrogen and oxygen atoms in total. The minimum Gasteiger partial charge on any atom is -0.507 e. The Hall–Kier alpha value is -3.61. The molecule has 262 valence electrons. The zero-order valence-electron chi connectivity index (χ0n) is 28.5. The highest BCUT2D eigenvalue weighted by Gasteiger charge is 2.44. The Morgan fingerprint density at radius 3 is 2.40 bits per heavy atom. The molecule has 2 aromatic carbocycles. The Morgan fingerprint density at radius 1 is 1.02 bits per heavy atom. The third-order valence-corrected chi connectivity index (χ3v) is 9.28. The predicted molar refractivity (Wildman–Crippen MR) is 182 cm³/mol. The molecule has 0 bridgehead atoms. The fraction of sp³-hybridized carbons (Fsp3) is 0.541. The van der Waals surface area contributed by atoms with Gasteiger partial charge in [-0.1, -0.05) is 18.6 Å². The van der Waals surface area contributed by atoms with E-state index in [1.807, 2.05) is 19.9 Å². The number of fused-ring (bicyclic) bond motifs is 1. The van der Waals surface area contributed by atoms with Crippen LogP contribution in [0.2, 0.25) is 0 Å². The lowest BCUT2D eigenvalue weighted by atomic mass is 9.99. The molecule has 0 aliphatic carbocycles. The molecule has 3 heterocycles. The van der Waals surface area contributed by atoms with Crippen LogP contribution in [-0.2, 0) is 11.2 Å². The molecule has 0 spiro atoms. The van der Waals surface area contributed by atoms with Gasteiger partial charge in [-0.05, 0) is 103 Å². The van der Waals surface area contributed by atoms with E-state index in [9.17, 15) is 25.2 Å². The second-order valence-electron chi connectivity index (χ2n) is 13.3. The van der Waals surface area contributed by atoms with Crippen LogP contribution in [0.1, 0.15) is 58.9 Å². The van der Waals surface area contributed by atoms with Crippen LogP contribution >= 0.6 is 0 Å². The standard InChI is InChI=1S/C37H49NO10/c1-21(2)8-13-26-28(45-19-7-6-16-38-17-14-22(3)15-18-38)20-27(39)29-31(41)36(48-37-33(43)32(42)30(40)23(4)46-37)34(47-35(26)29)24-9-11-25(44-5)12-10-24/h8-12,20,22-23,30,32-33,37,39-40,42-43H,6-7,13-19H2,1-5H3/t23-,30-,32+,33+,37-/m1/s1. The number of hydrogen-bond donors (Lipinski definition) is 4. The summed E-state index contributed by atoms with van der Waals surface area (Å²) in [6.07, 6.45) is -0.401. The molecule has 5 atom stereocenters. The first-order chi connectivity index (χ1) is 23.0. The number of phenolic OH excluding ortho intramolecular Hbond substituents is 1. The summed E-state index contributed by atoms with van der Waals surface area (Å²) in [5, 5.41) is 42.4. The van der Waals surface area contributed by atoms with Gasteiger partial charge < -0.3 is 48.7 Å². The molecule has 2 aliphatic heterocycles. The van der Waals surface area contributed by atoms with Crippen molar-refractivity contribution in [2.24, 2.45) is 5.92 Å². The first-order valence-corrected chi connectivity index (χ1v) is 16.8. The number of aliphatic hydroxyl groups is 3. The van der Waals surface area contributed by atoms with Gasteiger partial charge in [-0.25, -0.2) is 0 Å². The van der Waals surface area contributed by atoms with E-state index in [2.05, 4.69) is 11.8 Å². The van der Waals surface area contributed by atoms with Gasteiger partial charge in [0, 0.05) is 17.2 Å². The number of phenols is 1. The summed E-state index contributed by atoms with van der Waals surface area (Å²) in [4.78, 5) is 16.8. The number of piperidine rings is 1. The average Bonchev–Trinajstić information content (AvgIpc) is 3.07. The van der Waals surface area contributed by atoms with Crippen molar-refractivity contribution in [1.29, 1.82) is 0 Å². The number of allylic oxidation sites excluding steroid dienone is 2. The van der Waals surface area contributed by atoms with Crippen molar-refractivity contribution >= 4 is 11.0 Å². The van der Waals surface area contributed by atoms with Gasteiger partial charge in [0.25, 0.3) is 0 Å². The van der Waals surface area contributed by atoms with Crippen molar-refractivity contribution < 1.29 is 43.8 Å². The summed E-state index contributed by atoms with van der Waals surface area (Å²) in [6, 6.07) is 8.21. The summed E-state index contributed by atoms with van der Waals surface area (Å²) < 4.78 is 29.7. The SMILES string of the molecule is COc1ccc(-c2oc3c(CC=C(C)C)c(OCCCCN4CCC(C)CC4)cc(O)c3c(=O)c2O[C@H]2O[C@H](C)[C@@H](O)[C@H](O)[C@@H]2O)cc1. The van der Waals surface area contributed by atoms with E-state index in [4.69, 9.17) is 23.4 Å². The topological polar surface area (TPSA) is 151 Å². The number of nitrogens with zero attached hydrogens (tertiary/aromatic N) is 1. The maximum Gasteiger partial charge on any atom is 0.239 e. The van der Waals surface area contributed by atoms with Gasteiger partial charge in [0.15, 0.2) is 5.76 Å². The molecule has 11 heteroatoms. The maximum atomic E-state index is 14.3. The van der Waals surface area contributed by atoms with Crippen molar-refractivity contribution in [3.05, 3.63) is 57.8 Å². The zero-order chi connectivity index (χ0) is 34.5. The lowest BCUT2D eigenvalue weighted by Crippen LogP contribution is -2.58. The molecular weight excluding hydrogens is 618 g/mol. The Kier molecular flexibility index (Phi) is 11.7. The lowest BCUT2D eigenvalue weighted by Gasteiger charge is -2.38. The van der Waals surface area contributed by atoms with Crippen molar-refractivity contribution in [3.63, 3.8) is 0 Å². The molecule has 0 radical (unpaired) electrons. The van der Waals surface area contributed by atoms with Crippen LogP contribution in [0, 0.1) is 5.92 Å². The van der Waals surface area contributed by atoms with E-state index < -0.39 is 36.1 Å². The summed E-state index contributed by atoms with van der Waals surface area (Å²) in [5.41, 5.74) is 1.53. The van der Waals surface area contributed by atoms with E-state index >= 15 is 0 Å². The van der Waals surface area contributed by atoms with Crippen LogP contribution in [0.4, 0.5) is 0 Å². The van der Waals surface area contributed by atoms with Crippen LogP contribution < -0.4 is 19.6 Å². The molecule has 48 heavy (non-hydrogen) atoms. The molecule has 2 fully saturated rings. The number of aliphatic hydroxyl groups excluding tert-OH is 3. The minimum absolute atomic E-state index is 0.0186. The Bertz CT molecular complexity index is 1620. The van der Waals surface area contributed by atoms with Gasteiger partial charge in [0.1, 0.15) is 46.5 Å². The number of aromatic hydroxyl groups is 1. The second kappa shape index (κ2) is 15.7. The van der Waals surface area contributed by atoms with E-state index in [-0.39, 0.29) is 28.2 Å². The Labute approximate surface area is 281 Å². The molecule has 0 unspecified atom stereocenters. The molecule has 4 N–H and O–H groups in total. The highest BCUT2D eigenvalue weighted by atomic mass is 16.7. The van der Waals surface area contributed by atoms with Crippen LogP contribution in [0.3, 0.4) is 0 Å². The van der Waals surface area contributed by atoms with Gasteiger partial charge in [-0.2, -0.15) is 0 Å².